The Morgan fingerprint density at radius 3 is 2.55 bits per heavy atom. The van der Waals surface area contributed by atoms with Gasteiger partial charge in [-0.1, -0.05) is 26.0 Å². The molecule has 0 aliphatic carbocycles. The summed E-state index contributed by atoms with van der Waals surface area (Å²) in [5.41, 5.74) is 0.724. The molecule has 0 bridgehead atoms. The van der Waals surface area contributed by atoms with Crippen molar-refractivity contribution in [1.82, 2.24) is 5.32 Å². The van der Waals surface area contributed by atoms with E-state index >= 15 is 0 Å². The third-order valence-corrected chi connectivity index (χ3v) is 3.14. The number of ether oxygens (including phenoxy) is 1. The molecule has 0 radical (unpaired) electrons. The predicted octanol–water partition coefficient (Wildman–Crippen LogP) is 3.25. The quantitative estimate of drug-likeness (QED) is 0.822. The smallest absolute Gasteiger partial charge is 0.417 e. The monoisotopic (exact) mass is 355 g/mol. The van der Waals surface area contributed by atoms with Crippen LogP contribution in [-0.2, 0) is 6.54 Å². The topological polar surface area (TPSA) is 41.5 Å². The Kier molecular flexibility index (Phi) is 6.29. The number of aliphatic hydroxyl groups excluding tert-OH is 1. The highest BCUT2D eigenvalue weighted by Crippen LogP contribution is 2.30. The molecule has 0 amide bonds. The Balaban J connectivity index is 2.77. The molecule has 1 aromatic carbocycles. The molecule has 1 unspecified atom stereocenters. The van der Waals surface area contributed by atoms with Crippen molar-refractivity contribution in [3.63, 3.8) is 0 Å². The van der Waals surface area contributed by atoms with Crippen LogP contribution in [0.15, 0.2) is 22.7 Å². The predicted molar refractivity (Wildman–Crippen MR) is 73.7 cm³/mol. The minimum atomic E-state index is -4.68. The van der Waals surface area contributed by atoms with Gasteiger partial charge in [0.25, 0.3) is 0 Å². The molecule has 3 nitrogen and oxygen atoms in total. The van der Waals surface area contributed by atoms with Crippen LogP contribution < -0.4 is 10.1 Å². The van der Waals surface area contributed by atoms with Crippen molar-refractivity contribution in [2.24, 2.45) is 0 Å². The van der Waals surface area contributed by atoms with Gasteiger partial charge in [-0.2, -0.15) is 13.2 Å². The lowest BCUT2D eigenvalue weighted by Crippen LogP contribution is -2.34. The van der Waals surface area contributed by atoms with Crippen LogP contribution in [-0.4, -0.2) is 30.0 Å². The van der Waals surface area contributed by atoms with Gasteiger partial charge in [-0.25, -0.2) is 0 Å². The molecule has 0 saturated heterocycles. The first kappa shape index (κ1) is 17.3. The van der Waals surface area contributed by atoms with E-state index in [1.807, 2.05) is 13.8 Å². The van der Waals surface area contributed by atoms with Gasteiger partial charge in [0.2, 0.25) is 0 Å². The van der Waals surface area contributed by atoms with Gasteiger partial charge in [0.15, 0.2) is 6.10 Å². The first-order valence-electron chi connectivity index (χ1n) is 6.10. The SMILES string of the molecule is CC(C)NCc1cccc(Br)c1OCC(O)C(F)(F)F. The Hall–Kier alpha value is -0.790. The van der Waals surface area contributed by atoms with Crippen molar-refractivity contribution in [3.05, 3.63) is 28.2 Å². The van der Waals surface area contributed by atoms with E-state index in [0.717, 1.165) is 5.56 Å². The van der Waals surface area contributed by atoms with E-state index in [0.29, 0.717) is 16.8 Å². The number of aliphatic hydroxyl groups is 1. The third kappa shape index (κ3) is 5.30. The maximum absolute atomic E-state index is 12.3. The lowest BCUT2D eigenvalue weighted by molar-refractivity contribution is -0.210. The number of hydrogen-bond acceptors (Lipinski definition) is 3. The average molecular weight is 356 g/mol. The summed E-state index contributed by atoms with van der Waals surface area (Å²) in [5, 5.41) is 12.1. The van der Waals surface area contributed by atoms with E-state index in [2.05, 4.69) is 21.2 Å². The van der Waals surface area contributed by atoms with E-state index in [1.165, 1.54) is 0 Å². The van der Waals surface area contributed by atoms with Gasteiger partial charge >= 0.3 is 6.18 Å². The highest BCUT2D eigenvalue weighted by molar-refractivity contribution is 9.10. The van der Waals surface area contributed by atoms with Crippen LogP contribution in [0.1, 0.15) is 19.4 Å². The molecule has 0 aliphatic heterocycles. The molecule has 1 aromatic rings. The van der Waals surface area contributed by atoms with Crippen molar-refractivity contribution >= 4 is 15.9 Å². The average Bonchev–Trinajstić information content (AvgIpc) is 2.33. The van der Waals surface area contributed by atoms with Crippen LogP contribution >= 0.6 is 15.9 Å². The third-order valence-electron chi connectivity index (χ3n) is 2.51. The highest BCUT2D eigenvalue weighted by atomic mass is 79.9. The second kappa shape index (κ2) is 7.28. The Labute approximate surface area is 124 Å². The summed E-state index contributed by atoms with van der Waals surface area (Å²) in [6.45, 7) is 3.56. The van der Waals surface area contributed by atoms with Crippen LogP contribution in [0.4, 0.5) is 13.2 Å². The Bertz CT molecular complexity index is 438. The molecule has 1 atom stereocenters. The molecule has 20 heavy (non-hydrogen) atoms. The lowest BCUT2D eigenvalue weighted by atomic mass is 10.2. The molecular weight excluding hydrogens is 339 g/mol. The molecule has 0 aliphatic rings. The summed E-state index contributed by atoms with van der Waals surface area (Å²) in [5.74, 6) is 0.309. The van der Waals surface area contributed by atoms with Crippen molar-refractivity contribution in [1.29, 1.82) is 0 Å². The molecule has 0 aromatic heterocycles. The second-order valence-corrected chi connectivity index (χ2v) is 5.49. The van der Waals surface area contributed by atoms with E-state index in [1.54, 1.807) is 18.2 Å². The zero-order valence-electron chi connectivity index (χ0n) is 11.2. The summed E-state index contributed by atoms with van der Waals surface area (Å²) in [7, 11) is 0. The van der Waals surface area contributed by atoms with E-state index in [4.69, 9.17) is 9.84 Å². The van der Waals surface area contributed by atoms with Gasteiger partial charge in [0.05, 0.1) is 4.47 Å². The van der Waals surface area contributed by atoms with E-state index in [9.17, 15) is 13.2 Å². The standard InChI is InChI=1S/C13H17BrF3NO2/c1-8(2)18-6-9-4-3-5-10(14)12(9)20-7-11(19)13(15,16)17/h3-5,8,11,18-19H,6-7H2,1-2H3. The molecule has 114 valence electrons. The number of benzene rings is 1. The van der Waals surface area contributed by atoms with Crippen LogP contribution in [0.3, 0.4) is 0 Å². The van der Waals surface area contributed by atoms with Gasteiger partial charge in [0, 0.05) is 18.2 Å². The van der Waals surface area contributed by atoms with Crippen molar-refractivity contribution in [3.8, 4) is 5.75 Å². The van der Waals surface area contributed by atoms with Crippen LogP contribution in [0.5, 0.6) is 5.75 Å². The molecule has 0 saturated carbocycles. The highest BCUT2D eigenvalue weighted by Gasteiger charge is 2.38. The summed E-state index contributed by atoms with van der Waals surface area (Å²) in [6.07, 6.45) is -7.18. The largest absolute Gasteiger partial charge is 0.489 e. The number of rotatable bonds is 6. The number of hydrogen-bond donors (Lipinski definition) is 2. The van der Waals surface area contributed by atoms with Gasteiger partial charge in [0.1, 0.15) is 12.4 Å². The van der Waals surface area contributed by atoms with Crippen molar-refractivity contribution < 1.29 is 23.0 Å². The first-order valence-corrected chi connectivity index (χ1v) is 6.89. The van der Waals surface area contributed by atoms with Gasteiger partial charge in [-0.05, 0) is 22.0 Å². The molecule has 0 heterocycles. The number of halogens is 4. The molecule has 0 fully saturated rings. The molecule has 2 N–H and O–H groups in total. The number of nitrogens with one attached hydrogen (secondary N) is 1. The fourth-order valence-electron chi connectivity index (χ4n) is 1.43. The van der Waals surface area contributed by atoms with Gasteiger partial charge < -0.3 is 15.2 Å². The van der Waals surface area contributed by atoms with Gasteiger partial charge in [-0.15, -0.1) is 0 Å². The summed E-state index contributed by atoms with van der Waals surface area (Å²) < 4.78 is 42.4. The zero-order valence-corrected chi connectivity index (χ0v) is 12.8. The summed E-state index contributed by atoms with van der Waals surface area (Å²) in [6, 6.07) is 5.44. The van der Waals surface area contributed by atoms with Crippen LogP contribution in [0, 0.1) is 0 Å². The normalized spacial score (nSPS) is 13.6. The number of alkyl halides is 3. The minimum Gasteiger partial charge on any atom is -0.489 e. The summed E-state index contributed by atoms with van der Waals surface area (Å²) in [4.78, 5) is 0. The van der Waals surface area contributed by atoms with Crippen LogP contribution in [0.2, 0.25) is 0 Å². The van der Waals surface area contributed by atoms with E-state index in [-0.39, 0.29) is 6.04 Å². The molecule has 1 rings (SSSR count). The molecule has 7 heteroatoms. The number of para-hydroxylation sites is 1. The summed E-state index contributed by atoms with van der Waals surface area (Å²) >= 11 is 3.24. The van der Waals surface area contributed by atoms with Crippen molar-refractivity contribution in [2.75, 3.05) is 6.61 Å². The lowest BCUT2D eigenvalue weighted by Gasteiger charge is -2.18. The zero-order chi connectivity index (χ0) is 15.3. The minimum absolute atomic E-state index is 0.239. The first-order chi connectivity index (χ1) is 9.21. The fraction of sp³-hybridized carbons (Fsp3) is 0.538. The maximum Gasteiger partial charge on any atom is 0.417 e. The Morgan fingerprint density at radius 1 is 1.35 bits per heavy atom. The molecule has 0 spiro atoms. The van der Waals surface area contributed by atoms with E-state index < -0.39 is 18.9 Å². The second-order valence-electron chi connectivity index (χ2n) is 4.63. The fourth-order valence-corrected chi connectivity index (χ4v) is 1.95. The maximum atomic E-state index is 12.3. The van der Waals surface area contributed by atoms with Crippen molar-refractivity contribution in [2.45, 2.75) is 38.7 Å². The molecular formula is C13H17BrF3NO2. The van der Waals surface area contributed by atoms with Crippen LogP contribution in [0.25, 0.3) is 0 Å². The Morgan fingerprint density at radius 2 is 2.00 bits per heavy atom. The van der Waals surface area contributed by atoms with Gasteiger partial charge in [-0.3, -0.25) is 0 Å².